The average molecular weight is 337 g/mol. The van der Waals surface area contributed by atoms with E-state index in [1.807, 2.05) is 6.07 Å². The number of imidazole rings is 1. The second kappa shape index (κ2) is 5.52. The van der Waals surface area contributed by atoms with Crippen LogP contribution in [0, 0.1) is 5.82 Å². The molecular formula is C19H20FN5. The summed E-state index contributed by atoms with van der Waals surface area (Å²) in [6, 6.07) is 10.8. The second-order valence-electron chi connectivity index (χ2n) is 7.09. The highest BCUT2D eigenvalue weighted by atomic mass is 19.1. The number of hydrogen-bond donors (Lipinski definition) is 0. The fourth-order valence-electron chi connectivity index (χ4n) is 4.28. The summed E-state index contributed by atoms with van der Waals surface area (Å²) in [5, 5.41) is 0. The van der Waals surface area contributed by atoms with Crippen LogP contribution in [-0.2, 0) is 13.6 Å². The summed E-state index contributed by atoms with van der Waals surface area (Å²) < 4.78 is 15.5. The Kier molecular flexibility index (Phi) is 3.28. The van der Waals surface area contributed by atoms with Crippen LogP contribution in [0.25, 0.3) is 11.0 Å². The summed E-state index contributed by atoms with van der Waals surface area (Å²) in [6.07, 6.45) is 4.23. The van der Waals surface area contributed by atoms with Crippen LogP contribution in [0.5, 0.6) is 0 Å². The maximum Gasteiger partial charge on any atom is 0.206 e. The highest BCUT2D eigenvalue weighted by molar-refractivity contribution is 5.78. The maximum absolute atomic E-state index is 13.4. The number of hydrogen-bond acceptors (Lipinski definition) is 4. The quantitative estimate of drug-likeness (QED) is 0.736. The van der Waals surface area contributed by atoms with Crippen LogP contribution in [0.4, 0.5) is 10.3 Å². The SMILES string of the molecule is Cn1c(N2CC3CC(C2)N3Cc2cncc(F)c2)nc2ccccc21. The van der Waals surface area contributed by atoms with E-state index in [1.54, 1.807) is 12.3 Å². The van der Waals surface area contributed by atoms with Crippen LogP contribution < -0.4 is 4.90 Å². The minimum Gasteiger partial charge on any atom is -0.339 e. The average Bonchev–Trinajstić information content (AvgIpc) is 2.97. The molecule has 2 aromatic heterocycles. The lowest BCUT2D eigenvalue weighted by molar-refractivity contribution is -0.00921. The van der Waals surface area contributed by atoms with E-state index in [0.29, 0.717) is 12.1 Å². The van der Waals surface area contributed by atoms with Gasteiger partial charge in [0.15, 0.2) is 0 Å². The van der Waals surface area contributed by atoms with Gasteiger partial charge in [0.25, 0.3) is 0 Å². The molecule has 5 heterocycles. The Labute approximate surface area is 145 Å². The number of benzene rings is 1. The molecule has 0 aliphatic carbocycles. The molecule has 0 amide bonds. The smallest absolute Gasteiger partial charge is 0.206 e. The van der Waals surface area contributed by atoms with E-state index in [2.05, 4.69) is 44.6 Å². The number of para-hydroxylation sites is 2. The molecule has 2 unspecified atom stereocenters. The van der Waals surface area contributed by atoms with E-state index in [4.69, 9.17) is 4.98 Å². The predicted molar refractivity (Wildman–Crippen MR) is 94.9 cm³/mol. The molecular weight excluding hydrogens is 317 g/mol. The van der Waals surface area contributed by atoms with Gasteiger partial charge in [-0.05, 0) is 30.2 Å². The van der Waals surface area contributed by atoms with Gasteiger partial charge in [-0.25, -0.2) is 9.37 Å². The first-order chi connectivity index (χ1) is 12.2. The van der Waals surface area contributed by atoms with Crippen LogP contribution in [0.1, 0.15) is 12.0 Å². The molecule has 5 nitrogen and oxygen atoms in total. The first-order valence-electron chi connectivity index (χ1n) is 8.70. The number of fused-ring (bicyclic) bond motifs is 3. The zero-order valence-electron chi connectivity index (χ0n) is 14.1. The third-order valence-corrected chi connectivity index (χ3v) is 5.52. The summed E-state index contributed by atoms with van der Waals surface area (Å²) in [6.45, 7) is 2.71. The number of aromatic nitrogens is 3. The van der Waals surface area contributed by atoms with Gasteiger partial charge in [0, 0.05) is 45.0 Å². The van der Waals surface area contributed by atoms with Crippen molar-refractivity contribution in [2.75, 3.05) is 18.0 Å². The van der Waals surface area contributed by atoms with Gasteiger partial charge in [-0.3, -0.25) is 9.88 Å². The van der Waals surface area contributed by atoms with Crippen molar-refractivity contribution in [2.45, 2.75) is 25.0 Å². The maximum atomic E-state index is 13.4. The van der Waals surface area contributed by atoms with Crippen molar-refractivity contribution < 1.29 is 4.39 Å². The summed E-state index contributed by atoms with van der Waals surface area (Å²) in [5.41, 5.74) is 3.16. The largest absolute Gasteiger partial charge is 0.339 e. The number of anilines is 1. The Balaban J connectivity index is 1.35. The number of pyridine rings is 1. The van der Waals surface area contributed by atoms with Crippen LogP contribution in [0.2, 0.25) is 0 Å². The van der Waals surface area contributed by atoms with Crippen molar-refractivity contribution in [1.82, 2.24) is 19.4 Å². The molecule has 6 rings (SSSR count). The van der Waals surface area contributed by atoms with Crippen LogP contribution in [0.15, 0.2) is 42.7 Å². The zero-order valence-corrected chi connectivity index (χ0v) is 14.1. The second-order valence-corrected chi connectivity index (χ2v) is 7.09. The van der Waals surface area contributed by atoms with E-state index in [-0.39, 0.29) is 5.82 Å². The van der Waals surface area contributed by atoms with Crippen molar-refractivity contribution in [3.63, 3.8) is 0 Å². The molecule has 128 valence electrons. The minimum atomic E-state index is -0.260. The van der Waals surface area contributed by atoms with Gasteiger partial charge in [0.05, 0.1) is 17.2 Å². The highest BCUT2D eigenvalue weighted by Gasteiger charge is 2.45. The lowest BCUT2D eigenvalue weighted by atomic mass is 9.87. The molecule has 3 fully saturated rings. The number of aryl methyl sites for hydroxylation is 1. The summed E-state index contributed by atoms with van der Waals surface area (Å²) in [4.78, 5) is 13.6. The van der Waals surface area contributed by atoms with Gasteiger partial charge in [-0.1, -0.05) is 12.1 Å². The Bertz CT molecular complexity index is 924. The molecule has 0 radical (unpaired) electrons. The van der Waals surface area contributed by atoms with Crippen LogP contribution in [-0.4, -0.2) is 44.6 Å². The third kappa shape index (κ3) is 2.40. The van der Waals surface area contributed by atoms with Crippen LogP contribution >= 0.6 is 0 Å². The topological polar surface area (TPSA) is 37.2 Å². The van der Waals surface area contributed by atoms with E-state index >= 15 is 0 Å². The van der Waals surface area contributed by atoms with Crippen LogP contribution in [0.3, 0.4) is 0 Å². The Morgan fingerprint density at radius 3 is 2.72 bits per heavy atom. The summed E-state index contributed by atoms with van der Waals surface area (Å²) in [5.74, 6) is 0.785. The van der Waals surface area contributed by atoms with Crippen molar-refractivity contribution in [3.05, 3.63) is 54.1 Å². The first kappa shape index (κ1) is 14.8. The molecule has 0 spiro atoms. The molecule has 3 saturated heterocycles. The third-order valence-electron chi connectivity index (χ3n) is 5.52. The summed E-state index contributed by atoms with van der Waals surface area (Å²) in [7, 11) is 2.08. The molecule has 2 bridgehead atoms. The monoisotopic (exact) mass is 337 g/mol. The number of nitrogens with zero attached hydrogens (tertiary/aromatic N) is 5. The lowest BCUT2D eigenvalue weighted by Gasteiger charge is -2.56. The molecule has 3 aromatic rings. The van der Waals surface area contributed by atoms with Crippen molar-refractivity contribution in [2.24, 2.45) is 7.05 Å². The van der Waals surface area contributed by atoms with Gasteiger partial charge in [0.2, 0.25) is 5.95 Å². The van der Waals surface area contributed by atoms with E-state index in [0.717, 1.165) is 36.7 Å². The predicted octanol–water partition coefficient (Wildman–Crippen LogP) is 2.57. The molecule has 0 saturated carbocycles. The Hall–Kier alpha value is -2.47. The fourth-order valence-corrected chi connectivity index (χ4v) is 4.28. The van der Waals surface area contributed by atoms with Crippen molar-refractivity contribution in [3.8, 4) is 0 Å². The number of piperazine rings is 1. The highest BCUT2D eigenvalue weighted by Crippen LogP contribution is 2.36. The normalized spacial score (nSPS) is 23.0. The Morgan fingerprint density at radius 2 is 1.96 bits per heavy atom. The summed E-state index contributed by atoms with van der Waals surface area (Å²) >= 11 is 0. The number of halogens is 1. The first-order valence-corrected chi connectivity index (χ1v) is 8.70. The molecule has 25 heavy (non-hydrogen) atoms. The zero-order chi connectivity index (χ0) is 17.0. The van der Waals surface area contributed by atoms with Crippen molar-refractivity contribution >= 4 is 17.0 Å². The Morgan fingerprint density at radius 1 is 1.16 bits per heavy atom. The van der Waals surface area contributed by atoms with Gasteiger partial charge in [-0.15, -0.1) is 0 Å². The number of rotatable bonds is 3. The molecule has 0 N–H and O–H groups in total. The molecule has 2 atom stereocenters. The van der Waals surface area contributed by atoms with E-state index in [9.17, 15) is 4.39 Å². The van der Waals surface area contributed by atoms with E-state index < -0.39 is 0 Å². The number of piperidine rings is 1. The van der Waals surface area contributed by atoms with E-state index in [1.165, 1.54) is 18.1 Å². The molecule has 6 heteroatoms. The molecule has 3 aliphatic heterocycles. The lowest BCUT2D eigenvalue weighted by Crippen LogP contribution is -2.68. The standard InChI is InChI=1S/C19H20FN5/c1-23-18-5-3-2-4-17(18)22-19(23)24-11-15-7-16(12-24)25(15)10-13-6-14(20)9-21-8-13/h2-6,8-9,15-16H,7,10-12H2,1H3. The van der Waals surface area contributed by atoms with Gasteiger partial charge in [0.1, 0.15) is 5.82 Å². The van der Waals surface area contributed by atoms with Gasteiger partial charge in [-0.2, -0.15) is 0 Å². The van der Waals surface area contributed by atoms with Gasteiger partial charge < -0.3 is 9.47 Å². The fraction of sp³-hybridized carbons (Fsp3) is 0.368. The van der Waals surface area contributed by atoms with Crippen molar-refractivity contribution in [1.29, 1.82) is 0 Å². The molecule has 1 aromatic carbocycles. The minimum absolute atomic E-state index is 0.260. The van der Waals surface area contributed by atoms with Gasteiger partial charge >= 0.3 is 0 Å². The molecule has 3 aliphatic rings.